The van der Waals surface area contributed by atoms with E-state index in [0.29, 0.717) is 19.1 Å². The van der Waals surface area contributed by atoms with Gasteiger partial charge in [-0.05, 0) is 63.3 Å². The minimum Gasteiger partial charge on any atom is -0.457 e. The largest absolute Gasteiger partial charge is 0.457 e. The zero-order valence-electron chi connectivity index (χ0n) is 28.2. The SMILES string of the molecule is C/C(=C\C=C\[C@@H](C)c1ccccn1)[C@H]1OC(=O)C[C@H](O)CC[C@@](C)(O)[C@@H](OC(=O)N2CCN(C3CCCCCC3)CC2)/C=C/[C@@H]1C. The van der Waals surface area contributed by atoms with Gasteiger partial charge in [-0.3, -0.25) is 14.7 Å². The van der Waals surface area contributed by atoms with Crippen LogP contribution in [0.25, 0.3) is 0 Å². The van der Waals surface area contributed by atoms with Crippen LogP contribution in [-0.4, -0.2) is 93.2 Å². The van der Waals surface area contributed by atoms with Gasteiger partial charge in [-0.25, -0.2) is 4.79 Å². The van der Waals surface area contributed by atoms with Crippen LogP contribution < -0.4 is 0 Å². The molecule has 1 aromatic heterocycles. The first-order valence-corrected chi connectivity index (χ1v) is 17.3. The number of hydrogen-bond acceptors (Lipinski definition) is 8. The third-order valence-corrected chi connectivity index (χ3v) is 9.83. The zero-order chi connectivity index (χ0) is 33.1. The third-order valence-electron chi connectivity index (χ3n) is 9.83. The van der Waals surface area contributed by atoms with E-state index in [9.17, 15) is 19.8 Å². The summed E-state index contributed by atoms with van der Waals surface area (Å²) < 4.78 is 11.9. The molecule has 1 saturated heterocycles. The number of esters is 1. The second kappa shape index (κ2) is 17.2. The number of cyclic esters (lactones) is 1. The van der Waals surface area contributed by atoms with Gasteiger partial charge in [0.2, 0.25) is 0 Å². The molecule has 0 unspecified atom stereocenters. The van der Waals surface area contributed by atoms with Crippen LogP contribution in [0.2, 0.25) is 0 Å². The number of rotatable bonds is 6. The molecule has 1 amide bonds. The quantitative estimate of drug-likeness (QED) is 0.171. The number of piperazine rings is 1. The van der Waals surface area contributed by atoms with Crippen LogP contribution in [0.5, 0.6) is 0 Å². The average Bonchev–Trinajstić information content (AvgIpc) is 3.34. The third kappa shape index (κ3) is 10.5. The fourth-order valence-electron chi connectivity index (χ4n) is 6.74. The summed E-state index contributed by atoms with van der Waals surface area (Å²) in [6.07, 6.45) is 16.0. The zero-order valence-corrected chi connectivity index (χ0v) is 28.2. The molecule has 9 heteroatoms. The topological polar surface area (TPSA) is 112 Å². The summed E-state index contributed by atoms with van der Waals surface area (Å²) >= 11 is 0. The highest BCUT2D eigenvalue weighted by Crippen LogP contribution is 2.28. The number of amides is 1. The number of carbonyl (C=O) groups is 2. The second-order valence-corrected chi connectivity index (χ2v) is 13.7. The number of ether oxygens (including phenoxy) is 2. The minimum absolute atomic E-state index is 0.106. The highest BCUT2D eigenvalue weighted by atomic mass is 16.6. The van der Waals surface area contributed by atoms with E-state index in [2.05, 4.69) is 16.8 Å². The Morgan fingerprint density at radius 2 is 1.83 bits per heavy atom. The lowest BCUT2D eigenvalue weighted by atomic mass is 9.88. The molecule has 0 radical (unpaired) electrons. The van der Waals surface area contributed by atoms with Crippen molar-refractivity contribution in [2.24, 2.45) is 5.92 Å². The number of aliphatic hydroxyl groups excluding tert-OH is 1. The predicted octanol–water partition coefficient (Wildman–Crippen LogP) is 5.93. The normalized spacial score (nSPS) is 31.3. The van der Waals surface area contributed by atoms with E-state index in [1.165, 1.54) is 38.5 Å². The molecular formula is C37H55N3O6. The van der Waals surface area contributed by atoms with E-state index < -0.39 is 36.0 Å². The van der Waals surface area contributed by atoms with Gasteiger partial charge in [-0.2, -0.15) is 0 Å². The van der Waals surface area contributed by atoms with E-state index in [0.717, 1.165) is 24.4 Å². The van der Waals surface area contributed by atoms with Gasteiger partial charge in [0.1, 0.15) is 11.7 Å². The number of pyridine rings is 1. The van der Waals surface area contributed by atoms with Gasteiger partial charge >= 0.3 is 12.1 Å². The molecule has 6 atom stereocenters. The van der Waals surface area contributed by atoms with Crippen molar-refractivity contribution in [3.05, 3.63) is 66.0 Å². The van der Waals surface area contributed by atoms with Crippen molar-refractivity contribution in [1.82, 2.24) is 14.8 Å². The molecule has 0 spiro atoms. The molecule has 2 N–H and O–H groups in total. The maximum atomic E-state index is 13.4. The maximum absolute atomic E-state index is 13.4. The molecular weight excluding hydrogens is 582 g/mol. The maximum Gasteiger partial charge on any atom is 0.410 e. The van der Waals surface area contributed by atoms with Crippen LogP contribution in [0, 0.1) is 5.92 Å². The lowest BCUT2D eigenvalue weighted by molar-refractivity contribution is -0.151. The molecule has 0 bridgehead atoms. The highest BCUT2D eigenvalue weighted by Gasteiger charge is 2.37. The standard InChI is InChI=1S/C37H55N3O6/c1-27(32-16-9-10-21-38-32)12-11-13-28(2)35-29(3)17-18-33(37(4,44)20-19-31(41)26-34(42)46-35)45-36(43)40-24-22-39(23-25-40)30-14-7-5-6-8-15-30/h9-13,16-18,21,27,29-31,33,35,41,44H,5-8,14-15,19-20,22-26H2,1-4H3/b12-11+,18-17+,28-13+/t27-,29+,31-,33+,35-,37-/m1/s1. The van der Waals surface area contributed by atoms with Gasteiger partial charge in [-0.1, -0.05) is 69.9 Å². The van der Waals surface area contributed by atoms with Crippen molar-refractivity contribution >= 4 is 12.1 Å². The Kier molecular flexibility index (Phi) is 13.4. The molecule has 2 fully saturated rings. The molecule has 1 saturated carbocycles. The molecule has 3 heterocycles. The summed E-state index contributed by atoms with van der Waals surface area (Å²) in [5.41, 5.74) is 0.345. The first-order valence-electron chi connectivity index (χ1n) is 17.3. The summed E-state index contributed by atoms with van der Waals surface area (Å²) in [6, 6.07) is 6.43. The molecule has 254 valence electrons. The number of allylic oxidation sites excluding steroid dienone is 3. The summed E-state index contributed by atoms with van der Waals surface area (Å²) in [4.78, 5) is 34.9. The molecule has 9 nitrogen and oxygen atoms in total. The van der Waals surface area contributed by atoms with Gasteiger partial charge in [0.25, 0.3) is 0 Å². The van der Waals surface area contributed by atoms with Crippen molar-refractivity contribution in [3.63, 3.8) is 0 Å². The van der Waals surface area contributed by atoms with Gasteiger partial charge in [-0.15, -0.1) is 0 Å². The van der Waals surface area contributed by atoms with E-state index in [1.807, 2.05) is 56.4 Å². The summed E-state index contributed by atoms with van der Waals surface area (Å²) in [7, 11) is 0. The lowest BCUT2D eigenvalue weighted by Crippen LogP contribution is -2.53. The number of carbonyl (C=O) groups excluding carboxylic acids is 2. The lowest BCUT2D eigenvalue weighted by Gasteiger charge is -2.40. The highest BCUT2D eigenvalue weighted by molar-refractivity contribution is 5.70. The van der Waals surface area contributed by atoms with Gasteiger partial charge in [0.15, 0.2) is 6.10 Å². The molecule has 46 heavy (non-hydrogen) atoms. The van der Waals surface area contributed by atoms with Crippen molar-refractivity contribution in [2.75, 3.05) is 26.2 Å². The number of hydrogen-bond donors (Lipinski definition) is 2. The van der Waals surface area contributed by atoms with E-state index in [-0.39, 0.29) is 31.1 Å². The summed E-state index contributed by atoms with van der Waals surface area (Å²) in [6.45, 7) is 10.4. The Balaban J connectivity index is 1.45. The molecule has 4 rings (SSSR count). The van der Waals surface area contributed by atoms with Crippen molar-refractivity contribution in [2.45, 2.75) is 121 Å². The monoisotopic (exact) mass is 637 g/mol. The van der Waals surface area contributed by atoms with Crippen LogP contribution in [0.1, 0.15) is 97.1 Å². The molecule has 3 aliphatic rings. The van der Waals surface area contributed by atoms with E-state index >= 15 is 0 Å². The molecule has 0 aromatic carbocycles. The van der Waals surface area contributed by atoms with E-state index in [1.54, 1.807) is 24.1 Å². The van der Waals surface area contributed by atoms with Crippen LogP contribution >= 0.6 is 0 Å². The number of nitrogens with zero attached hydrogens (tertiary/aromatic N) is 3. The molecule has 1 aromatic rings. The average molecular weight is 638 g/mol. The smallest absolute Gasteiger partial charge is 0.410 e. The Morgan fingerprint density at radius 1 is 1.11 bits per heavy atom. The Morgan fingerprint density at radius 3 is 2.50 bits per heavy atom. The molecule has 2 aliphatic heterocycles. The van der Waals surface area contributed by atoms with Gasteiger partial charge in [0, 0.05) is 55.9 Å². The number of aliphatic hydroxyl groups is 2. The van der Waals surface area contributed by atoms with Crippen LogP contribution in [0.15, 0.2) is 60.3 Å². The summed E-state index contributed by atoms with van der Waals surface area (Å²) in [5.74, 6) is -0.685. The first kappa shape index (κ1) is 35.8. The Labute approximate surface area is 275 Å². The van der Waals surface area contributed by atoms with Crippen molar-refractivity contribution in [1.29, 1.82) is 0 Å². The molecule has 1 aliphatic carbocycles. The van der Waals surface area contributed by atoms with Crippen LogP contribution in [0.4, 0.5) is 4.79 Å². The van der Waals surface area contributed by atoms with Crippen molar-refractivity contribution < 1.29 is 29.3 Å². The number of aromatic nitrogens is 1. The van der Waals surface area contributed by atoms with Crippen molar-refractivity contribution in [3.8, 4) is 0 Å². The first-order chi connectivity index (χ1) is 22.0. The van der Waals surface area contributed by atoms with Gasteiger partial charge < -0.3 is 24.6 Å². The Hall–Kier alpha value is -3.01. The summed E-state index contributed by atoms with van der Waals surface area (Å²) in [5, 5.41) is 22.1. The van der Waals surface area contributed by atoms with Gasteiger partial charge in [0.05, 0.1) is 12.5 Å². The second-order valence-electron chi connectivity index (χ2n) is 13.7. The van der Waals surface area contributed by atoms with Crippen LogP contribution in [0.3, 0.4) is 0 Å². The van der Waals surface area contributed by atoms with E-state index in [4.69, 9.17) is 9.47 Å². The Bertz CT molecular complexity index is 1200. The fourth-order valence-corrected chi connectivity index (χ4v) is 6.74. The van der Waals surface area contributed by atoms with Crippen LogP contribution in [-0.2, 0) is 14.3 Å². The minimum atomic E-state index is -1.44. The fraction of sp³-hybridized carbons (Fsp3) is 0.649. The predicted molar refractivity (Wildman–Crippen MR) is 179 cm³/mol.